The van der Waals surface area contributed by atoms with Gasteiger partial charge in [0.25, 0.3) is 0 Å². The lowest BCUT2D eigenvalue weighted by molar-refractivity contribution is -0.402. The number of rotatable bonds is 6. The summed E-state index contributed by atoms with van der Waals surface area (Å²) >= 11 is 0. The summed E-state index contributed by atoms with van der Waals surface area (Å²) in [5, 5.41) is 10.8. The van der Waals surface area contributed by atoms with Crippen molar-refractivity contribution in [3.8, 4) is 11.5 Å². The van der Waals surface area contributed by atoms with E-state index in [0.717, 1.165) is 61.5 Å². The largest absolute Gasteiger partial charge is 0.433 e. The van der Waals surface area contributed by atoms with Crippen LogP contribution in [0.25, 0.3) is 22.7 Å². The Bertz CT molecular complexity index is 1430. The van der Waals surface area contributed by atoms with Gasteiger partial charge < -0.3 is 13.9 Å². The quantitative estimate of drug-likeness (QED) is 0.278. The predicted molar refractivity (Wildman–Crippen MR) is 139 cm³/mol. The van der Waals surface area contributed by atoms with Crippen LogP contribution in [0.3, 0.4) is 0 Å². The highest BCUT2D eigenvalue weighted by molar-refractivity contribution is 5.79. The molecule has 11 heteroatoms. The van der Waals surface area contributed by atoms with Crippen LogP contribution in [-0.2, 0) is 11.3 Å². The number of piperidine rings is 2. The molecular formula is C27H29N7O4. The van der Waals surface area contributed by atoms with Gasteiger partial charge in [-0.15, -0.1) is 0 Å². The maximum absolute atomic E-state index is 13.4. The Labute approximate surface area is 219 Å². The fraction of sp³-hybridized carbons (Fsp3) is 0.407. The molecule has 196 valence electrons. The van der Waals surface area contributed by atoms with Crippen molar-refractivity contribution >= 4 is 23.0 Å². The normalized spacial score (nSPS) is 17.7. The Morgan fingerprint density at radius 1 is 0.974 bits per heavy atom. The topological polar surface area (TPSA) is 123 Å². The van der Waals surface area contributed by atoms with Crippen LogP contribution >= 0.6 is 0 Å². The number of carbonyl (C=O) groups excluding carboxylic acids is 1. The Morgan fingerprint density at radius 2 is 1.76 bits per heavy atom. The number of aromatic nitrogens is 4. The van der Waals surface area contributed by atoms with Gasteiger partial charge in [-0.05, 0) is 69.1 Å². The molecule has 1 amide bonds. The summed E-state index contributed by atoms with van der Waals surface area (Å²) in [5.74, 6) is 1.40. The maximum atomic E-state index is 13.4. The fourth-order valence-corrected chi connectivity index (χ4v) is 5.66. The van der Waals surface area contributed by atoms with E-state index in [4.69, 9.17) is 9.40 Å². The summed E-state index contributed by atoms with van der Waals surface area (Å²) in [5.41, 5.74) is 2.52. The van der Waals surface area contributed by atoms with Crippen molar-refractivity contribution in [2.75, 3.05) is 26.2 Å². The molecule has 0 spiro atoms. The molecule has 38 heavy (non-hydrogen) atoms. The summed E-state index contributed by atoms with van der Waals surface area (Å²) in [4.78, 5) is 41.9. The first-order valence-electron chi connectivity index (χ1n) is 13.1. The SMILES string of the molecule is O=C(C1CCN(Cc2ccc([N+](=O)[O-])o2)CC1)N1CCC(n2c(-c3ccccn3)nc3cccnc32)CC1. The maximum Gasteiger partial charge on any atom is 0.433 e. The summed E-state index contributed by atoms with van der Waals surface area (Å²) in [6, 6.07) is 12.9. The number of nitrogens with zero attached hydrogens (tertiary/aromatic N) is 7. The molecule has 4 aromatic heterocycles. The molecule has 0 aliphatic carbocycles. The van der Waals surface area contributed by atoms with E-state index in [1.54, 1.807) is 18.5 Å². The van der Waals surface area contributed by atoms with E-state index in [9.17, 15) is 14.9 Å². The molecule has 0 bridgehead atoms. The van der Waals surface area contributed by atoms with E-state index >= 15 is 0 Å². The van der Waals surface area contributed by atoms with E-state index in [1.165, 1.54) is 6.07 Å². The van der Waals surface area contributed by atoms with Crippen molar-refractivity contribution in [3.05, 3.63) is 70.7 Å². The van der Waals surface area contributed by atoms with E-state index in [1.807, 2.05) is 35.2 Å². The number of likely N-dealkylation sites (tertiary alicyclic amines) is 2. The van der Waals surface area contributed by atoms with Crippen LogP contribution < -0.4 is 0 Å². The highest BCUT2D eigenvalue weighted by Crippen LogP contribution is 2.33. The number of hydrogen-bond donors (Lipinski definition) is 0. The first-order valence-corrected chi connectivity index (χ1v) is 13.1. The lowest BCUT2D eigenvalue weighted by atomic mass is 9.93. The van der Waals surface area contributed by atoms with Gasteiger partial charge in [-0.25, -0.2) is 9.97 Å². The number of carbonyl (C=O) groups is 1. The van der Waals surface area contributed by atoms with Gasteiger partial charge in [0.1, 0.15) is 21.9 Å². The Hall–Kier alpha value is -4.12. The number of pyridine rings is 2. The van der Waals surface area contributed by atoms with Crippen LogP contribution in [0.5, 0.6) is 0 Å². The average molecular weight is 516 g/mol. The lowest BCUT2D eigenvalue weighted by Gasteiger charge is -2.37. The zero-order valence-corrected chi connectivity index (χ0v) is 21.0. The second-order valence-electron chi connectivity index (χ2n) is 9.97. The van der Waals surface area contributed by atoms with Crippen LogP contribution in [0.2, 0.25) is 0 Å². The minimum absolute atomic E-state index is 0.00792. The van der Waals surface area contributed by atoms with Crippen molar-refractivity contribution in [1.29, 1.82) is 0 Å². The van der Waals surface area contributed by atoms with Crippen LogP contribution in [0.15, 0.2) is 59.3 Å². The Morgan fingerprint density at radius 3 is 2.47 bits per heavy atom. The third-order valence-electron chi connectivity index (χ3n) is 7.63. The number of nitro groups is 1. The third-order valence-corrected chi connectivity index (χ3v) is 7.63. The van der Waals surface area contributed by atoms with E-state index in [0.29, 0.717) is 25.4 Å². The minimum Gasteiger partial charge on any atom is -0.404 e. The second kappa shape index (κ2) is 10.3. The highest BCUT2D eigenvalue weighted by atomic mass is 16.6. The standard InChI is InChI=1S/C27H29N7O4/c35-27(19-8-14-31(15-9-19)18-21-6-7-24(38-21)34(36)37)32-16-10-20(11-17-32)33-25-23(5-3-13-29-25)30-26(33)22-4-1-2-12-28-22/h1-7,12-13,19-20H,8-11,14-18H2. The first-order chi connectivity index (χ1) is 18.6. The smallest absolute Gasteiger partial charge is 0.404 e. The molecule has 4 aromatic rings. The molecule has 0 atom stereocenters. The number of furan rings is 1. The molecule has 0 unspecified atom stereocenters. The van der Waals surface area contributed by atoms with E-state index in [-0.39, 0.29) is 23.8 Å². The molecule has 0 aromatic carbocycles. The lowest BCUT2D eigenvalue weighted by Crippen LogP contribution is -2.45. The molecule has 0 saturated carbocycles. The van der Waals surface area contributed by atoms with Gasteiger partial charge in [0, 0.05) is 37.4 Å². The Kier molecular flexibility index (Phi) is 6.59. The number of fused-ring (bicyclic) bond motifs is 1. The summed E-state index contributed by atoms with van der Waals surface area (Å²) in [6.07, 6.45) is 6.80. The van der Waals surface area contributed by atoms with Crippen molar-refractivity contribution in [1.82, 2.24) is 29.3 Å². The van der Waals surface area contributed by atoms with Gasteiger partial charge in [0.15, 0.2) is 11.5 Å². The molecule has 0 N–H and O–H groups in total. The second-order valence-corrected chi connectivity index (χ2v) is 9.97. The average Bonchev–Trinajstić information content (AvgIpc) is 3.59. The van der Waals surface area contributed by atoms with Crippen molar-refractivity contribution in [2.24, 2.45) is 5.92 Å². The predicted octanol–water partition coefficient (Wildman–Crippen LogP) is 4.07. The van der Waals surface area contributed by atoms with Crippen LogP contribution in [0, 0.1) is 16.0 Å². The number of hydrogen-bond acceptors (Lipinski definition) is 8. The molecule has 6 rings (SSSR count). The van der Waals surface area contributed by atoms with Crippen molar-refractivity contribution in [3.63, 3.8) is 0 Å². The third kappa shape index (κ3) is 4.76. The molecule has 2 fully saturated rings. The summed E-state index contributed by atoms with van der Waals surface area (Å²) in [6.45, 7) is 3.45. The monoisotopic (exact) mass is 515 g/mol. The van der Waals surface area contributed by atoms with Crippen LogP contribution in [0.4, 0.5) is 5.88 Å². The zero-order valence-electron chi connectivity index (χ0n) is 21.0. The number of imidazole rings is 1. The summed E-state index contributed by atoms with van der Waals surface area (Å²) < 4.78 is 7.50. The molecule has 2 aliphatic rings. The van der Waals surface area contributed by atoms with E-state index < -0.39 is 4.92 Å². The van der Waals surface area contributed by atoms with E-state index in [2.05, 4.69) is 19.4 Å². The molecule has 2 aliphatic heterocycles. The first kappa shape index (κ1) is 24.2. The fourth-order valence-electron chi connectivity index (χ4n) is 5.66. The van der Waals surface area contributed by atoms with Gasteiger partial charge in [-0.3, -0.25) is 24.8 Å². The minimum atomic E-state index is -0.525. The van der Waals surface area contributed by atoms with Gasteiger partial charge >= 0.3 is 5.88 Å². The van der Waals surface area contributed by atoms with Crippen molar-refractivity contribution < 1.29 is 14.1 Å². The van der Waals surface area contributed by atoms with Gasteiger partial charge in [-0.1, -0.05) is 6.07 Å². The molecule has 6 heterocycles. The summed E-state index contributed by atoms with van der Waals surface area (Å²) in [7, 11) is 0. The zero-order chi connectivity index (χ0) is 26.1. The van der Waals surface area contributed by atoms with Crippen LogP contribution in [0.1, 0.15) is 37.5 Å². The van der Waals surface area contributed by atoms with Gasteiger partial charge in [0.05, 0.1) is 12.6 Å². The molecule has 11 nitrogen and oxygen atoms in total. The highest BCUT2D eigenvalue weighted by Gasteiger charge is 2.33. The van der Waals surface area contributed by atoms with Crippen molar-refractivity contribution in [2.45, 2.75) is 38.3 Å². The number of amides is 1. The molecular weight excluding hydrogens is 486 g/mol. The molecule has 2 saturated heterocycles. The Balaban J connectivity index is 1.08. The van der Waals surface area contributed by atoms with Gasteiger partial charge in [-0.2, -0.15) is 0 Å². The van der Waals surface area contributed by atoms with Crippen LogP contribution in [-0.4, -0.2) is 66.3 Å². The van der Waals surface area contributed by atoms with Gasteiger partial charge in [0.2, 0.25) is 5.91 Å². The molecule has 0 radical (unpaired) electrons.